The van der Waals surface area contributed by atoms with Crippen molar-refractivity contribution in [2.24, 2.45) is 0 Å². The summed E-state index contributed by atoms with van der Waals surface area (Å²) in [7, 11) is 0. The van der Waals surface area contributed by atoms with Crippen LogP contribution in [0.5, 0.6) is 0 Å². The highest BCUT2D eigenvalue weighted by molar-refractivity contribution is 9.10. The van der Waals surface area contributed by atoms with Crippen LogP contribution in [0, 0.1) is 0 Å². The molecular weight excluding hydrogens is 258 g/mol. The fourth-order valence-corrected chi connectivity index (χ4v) is 1.80. The smallest absolute Gasteiger partial charge is 0.196 e. The Hall–Kier alpha value is -1.13. The van der Waals surface area contributed by atoms with Crippen molar-refractivity contribution in [3.05, 3.63) is 40.9 Å². The Morgan fingerprint density at radius 2 is 2.13 bits per heavy atom. The normalized spacial score (nSPS) is 10.5. The van der Waals surface area contributed by atoms with Gasteiger partial charge in [-0.1, -0.05) is 34.1 Å². The molecule has 0 aliphatic heterocycles. The molecule has 78 valence electrons. The summed E-state index contributed by atoms with van der Waals surface area (Å²) in [6.07, 6.45) is 2.05. The summed E-state index contributed by atoms with van der Waals surface area (Å²) >= 11 is 3.45. The first-order valence-electron chi connectivity index (χ1n) is 4.61. The second kappa shape index (κ2) is 4.59. The molecule has 0 saturated heterocycles. The minimum atomic E-state index is 0.0515. The maximum Gasteiger partial charge on any atom is 0.196 e. The van der Waals surface area contributed by atoms with Crippen molar-refractivity contribution >= 4 is 15.9 Å². The third kappa shape index (κ3) is 2.27. The lowest BCUT2D eigenvalue weighted by molar-refractivity contribution is 0.285. The molecule has 0 saturated carbocycles. The number of nitrogens with zero attached hydrogens (tertiary/aromatic N) is 1. The molecule has 3 nitrogen and oxygen atoms in total. The van der Waals surface area contributed by atoms with E-state index in [1.54, 1.807) is 6.26 Å². The van der Waals surface area contributed by atoms with E-state index in [1.165, 1.54) is 0 Å². The van der Waals surface area contributed by atoms with Gasteiger partial charge in [-0.2, -0.15) is 0 Å². The molecule has 0 aliphatic carbocycles. The van der Waals surface area contributed by atoms with Gasteiger partial charge in [-0.25, -0.2) is 4.98 Å². The van der Waals surface area contributed by atoms with E-state index in [-0.39, 0.29) is 6.61 Å². The molecule has 1 heterocycles. The molecule has 4 heteroatoms. The maximum absolute atomic E-state index is 8.74. The van der Waals surface area contributed by atoms with E-state index >= 15 is 0 Å². The van der Waals surface area contributed by atoms with Crippen molar-refractivity contribution in [3.8, 4) is 11.3 Å². The minimum absolute atomic E-state index is 0.0515. The van der Waals surface area contributed by atoms with Crippen LogP contribution in [0.15, 0.2) is 39.4 Å². The Morgan fingerprint density at radius 1 is 1.33 bits per heavy atom. The number of oxazole rings is 1. The summed E-state index contributed by atoms with van der Waals surface area (Å²) in [6, 6.07) is 7.81. The van der Waals surface area contributed by atoms with Gasteiger partial charge in [-0.05, 0) is 6.07 Å². The third-order valence-corrected chi connectivity index (χ3v) is 2.72. The highest BCUT2D eigenvalue weighted by atomic mass is 79.9. The molecular formula is C11H10BrNO2. The van der Waals surface area contributed by atoms with Gasteiger partial charge in [0, 0.05) is 16.5 Å². The molecule has 2 rings (SSSR count). The standard InChI is InChI=1S/C11H10BrNO2/c12-9-4-2-1-3-8(9)10-7-15-11(13-10)5-6-14/h1-4,7,14H,5-6H2. The molecule has 0 fully saturated rings. The molecule has 15 heavy (non-hydrogen) atoms. The fraction of sp³-hybridized carbons (Fsp3) is 0.182. The highest BCUT2D eigenvalue weighted by Crippen LogP contribution is 2.27. The summed E-state index contributed by atoms with van der Waals surface area (Å²) < 4.78 is 6.20. The van der Waals surface area contributed by atoms with Crippen LogP contribution in [0.3, 0.4) is 0 Å². The van der Waals surface area contributed by atoms with Crippen molar-refractivity contribution in [3.63, 3.8) is 0 Å². The van der Waals surface area contributed by atoms with Crippen LogP contribution in [0.4, 0.5) is 0 Å². The zero-order valence-electron chi connectivity index (χ0n) is 7.98. The lowest BCUT2D eigenvalue weighted by atomic mass is 10.2. The lowest BCUT2D eigenvalue weighted by Gasteiger charge is -1.97. The van der Waals surface area contributed by atoms with E-state index < -0.39 is 0 Å². The monoisotopic (exact) mass is 267 g/mol. The Kier molecular flexibility index (Phi) is 3.18. The van der Waals surface area contributed by atoms with Gasteiger partial charge < -0.3 is 9.52 Å². The van der Waals surface area contributed by atoms with Crippen LogP contribution in [0.25, 0.3) is 11.3 Å². The first-order chi connectivity index (χ1) is 7.31. The molecule has 0 bridgehead atoms. The van der Waals surface area contributed by atoms with E-state index in [9.17, 15) is 0 Å². The second-order valence-electron chi connectivity index (χ2n) is 3.08. The van der Waals surface area contributed by atoms with Gasteiger partial charge in [0.2, 0.25) is 0 Å². The molecule has 0 amide bonds. The quantitative estimate of drug-likeness (QED) is 0.930. The van der Waals surface area contributed by atoms with Crippen LogP contribution in [-0.4, -0.2) is 16.7 Å². The molecule has 0 spiro atoms. The van der Waals surface area contributed by atoms with Crippen molar-refractivity contribution in [2.75, 3.05) is 6.61 Å². The number of rotatable bonds is 3. The maximum atomic E-state index is 8.74. The largest absolute Gasteiger partial charge is 0.448 e. The Bertz CT molecular complexity index is 453. The molecule has 1 aromatic carbocycles. The molecule has 0 aliphatic rings. The van der Waals surface area contributed by atoms with E-state index in [0.717, 1.165) is 15.7 Å². The molecule has 2 aromatic rings. The zero-order valence-corrected chi connectivity index (χ0v) is 9.57. The molecule has 1 N–H and O–H groups in total. The van der Waals surface area contributed by atoms with Gasteiger partial charge in [-0.15, -0.1) is 0 Å². The van der Waals surface area contributed by atoms with Gasteiger partial charge in [0.25, 0.3) is 0 Å². The Labute approximate surface area is 95.9 Å². The van der Waals surface area contributed by atoms with Crippen molar-refractivity contribution in [2.45, 2.75) is 6.42 Å². The average Bonchev–Trinajstić information content (AvgIpc) is 2.68. The lowest BCUT2D eigenvalue weighted by Crippen LogP contribution is -1.90. The number of hydrogen-bond donors (Lipinski definition) is 1. The predicted molar refractivity (Wildman–Crippen MR) is 60.4 cm³/mol. The van der Waals surface area contributed by atoms with Gasteiger partial charge in [-0.3, -0.25) is 0 Å². The van der Waals surface area contributed by atoms with E-state index in [4.69, 9.17) is 9.52 Å². The van der Waals surface area contributed by atoms with Crippen LogP contribution >= 0.6 is 15.9 Å². The molecule has 1 aromatic heterocycles. The van der Waals surface area contributed by atoms with E-state index in [0.29, 0.717) is 12.3 Å². The van der Waals surface area contributed by atoms with Crippen LogP contribution < -0.4 is 0 Å². The number of halogens is 1. The van der Waals surface area contributed by atoms with E-state index in [1.807, 2.05) is 24.3 Å². The average molecular weight is 268 g/mol. The SMILES string of the molecule is OCCc1nc(-c2ccccc2Br)co1. The zero-order chi connectivity index (χ0) is 10.7. The first-order valence-corrected chi connectivity index (χ1v) is 5.40. The van der Waals surface area contributed by atoms with Crippen LogP contribution in [0.1, 0.15) is 5.89 Å². The topological polar surface area (TPSA) is 46.3 Å². The van der Waals surface area contributed by atoms with Gasteiger partial charge in [0.15, 0.2) is 5.89 Å². The summed E-state index contributed by atoms with van der Waals surface area (Å²) in [5, 5.41) is 8.74. The molecule has 0 radical (unpaired) electrons. The number of aliphatic hydroxyl groups is 1. The van der Waals surface area contributed by atoms with Crippen molar-refractivity contribution in [1.82, 2.24) is 4.98 Å². The van der Waals surface area contributed by atoms with Gasteiger partial charge in [0.05, 0.1) is 6.61 Å². The number of hydrogen-bond acceptors (Lipinski definition) is 3. The highest BCUT2D eigenvalue weighted by Gasteiger charge is 2.07. The summed E-state index contributed by atoms with van der Waals surface area (Å²) in [5.74, 6) is 0.559. The summed E-state index contributed by atoms with van der Waals surface area (Å²) in [4.78, 5) is 4.27. The summed E-state index contributed by atoms with van der Waals surface area (Å²) in [5.41, 5.74) is 1.77. The van der Waals surface area contributed by atoms with Crippen LogP contribution in [0.2, 0.25) is 0 Å². The Morgan fingerprint density at radius 3 is 2.87 bits per heavy atom. The third-order valence-electron chi connectivity index (χ3n) is 2.03. The second-order valence-corrected chi connectivity index (χ2v) is 3.93. The summed E-state index contributed by atoms with van der Waals surface area (Å²) in [6.45, 7) is 0.0515. The van der Waals surface area contributed by atoms with Gasteiger partial charge >= 0.3 is 0 Å². The number of aromatic nitrogens is 1. The van der Waals surface area contributed by atoms with Crippen molar-refractivity contribution in [1.29, 1.82) is 0 Å². The van der Waals surface area contributed by atoms with Crippen molar-refractivity contribution < 1.29 is 9.52 Å². The number of aliphatic hydroxyl groups excluding tert-OH is 1. The van der Waals surface area contributed by atoms with Gasteiger partial charge in [0.1, 0.15) is 12.0 Å². The molecule has 0 unspecified atom stereocenters. The van der Waals surface area contributed by atoms with Crippen LogP contribution in [-0.2, 0) is 6.42 Å². The van der Waals surface area contributed by atoms with E-state index in [2.05, 4.69) is 20.9 Å². The fourth-order valence-electron chi connectivity index (χ4n) is 1.31. The first kappa shape index (κ1) is 10.4. The predicted octanol–water partition coefficient (Wildman–Crippen LogP) is 2.64. The minimum Gasteiger partial charge on any atom is -0.448 e. The Balaban J connectivity index is 2.33. The molecule has 0 atom stereocenters. The number of benzene rings is 1.